The van der Waals surface area contributed by atoms with Gasteiger partial charge >= 0.3 is 0 Å². The molecule has 0 aliphatic carbocycles. The molecule has 0 N–H and O–H groups in total. The Morgan fingerprint density at radius 2 is 2.32 bits per heavy atom. The third kappa shape index (κ3) is 2.72. The molecule has 1 aliphatic rings. The number of benzene rings is 1. The SMILES string of the molecule is O=c1c2cc(Br)ccc2ncn1C[C@H]1CCCCO1. The fourth-order valence-corrected chi connectivity index (χ4v) is 2.79. The minimum Gasteiger partial charge on any atom is -0.376 e. The number of aromatic nitrogens is 2. The maximum atomic E-state index is 12.4. The summed E-state index contributed by atoms with van der Waals surface area (Å²) < 4.78 is 8.23. The summed E-state index contributed by atoms with van der Waals surface area (Å²) in [6, 6.07) is 5.56. The molecule has 5 heteroatoms. The molecule has 0 radical (unpaired) electrons. The van der Waals surface area contributed by atoms with Crippen LogP contribution in [0.5, 0.6) is 0 Å². The summed E-state index contributed by atoms with van der Waals surface area (Å²) >= 11 is 3.39. The van der Waals surface area contributed by atoms with Gasteiger partial charge in [-0.3, -0.25) is 9.36 Å². The number of hydrogen-bond acceptors (Lipinski definition) is 3. The molecule has 2 aromatic rings. The monoisotopic (exact) mass is 322 g/mol. The summed E-state index contributed by atoms with van der Waals surface area (Å²) in [5.41, 5.74) is 0.731. The lowest BCUT2D eigenvalue weighted by atomic mass is 10.1. The van der Waals surface area contributed by atoms with Crippen LogP contribution >= 0.6 is 15.9 Å². The van der Waals surface area contributed by atoms with Crippen LogP contribution in [0, 0.1) is 0 Å². The van der Waals surface area contributed by atoms with Gasteiger partial charge in [0.1, 0.15) is 0 Å². The molecule has 1 fully saturated rings. The van der Waals surface area contributed by atoms with Gasteiger partial charge in [-0.1, -0.05) is 15.9 Å². The van der Waals surface area contributed by atoms with Crippen molar-refractivity contribution in [3.63, 3.8) is 0 Å². The Hall–Kier alpha value is -1.20. The average molecular weight is 323 g/mol. The maximum absolute atomic E-state index is 12.4. The first-order valence-electron chi connectivity index (χ1n) is 6.50. The van der Waals surface area contributed by atoms with E-state index in [1.165, 1.54) is 6.42 Å². The summed E-state index contributed by atoms with van der Waals surface area (Å²) in [6.45, 7) is 1.39. The first-order valence-corrected chi connectivity index (χ1v) is 7.29. The Bertz CT molecular complexity index is 647. The standard InChI is InChI=1S/C14H15BrN2O2/c15-10-4-5-13-12(7-10)14(18)17(9-16-13)8-11-3-1-2-6-19-11/h4-5,7,9,11H,1-3,6,8H2/t11-/m1/s1. The smallest absolute Gasteiger partial charge is 0.261 e. The zero-order chi connectivity index (χ0) is 13.2. The predicted molar refractivity (Wildman–Crippen MR) is 77.3 cm³/mol. The van der Waals surface area contributed by atoms with Crippen LogP contribution in [-0.2, 0) is 11.3 Å². The first kappa shape index (κ1) is 12.8. The minimum atomic E-state index is 0.000438. The molecule has 3 rings (SSSR count). The highest BCUT2D eigenvalue weighted by molar-refractivity contribution is 9.10. The second-order valence-electron chi connectivity index (χ2n) is 4.85. The largest absolute Gasteiger partial charge is 0.376 e. The molecule has 0 saturated carbocycles. The number of halogens is 1. The van der Waals surface area contributed by atoms with E-state index in [-0.39, 0.29) is 11.7 Å². The van der Waals surface area contributed by atoms with Crippen LogP contribution in [0.1, 0.15) is 19.3 Å². The summed E-state index contributed by atoms with van der Waals surface area (Å²) in [5.74, 6) is 0. The van der Waals surface area contributed by atoms with Gasteiger partial charge in [-0.05, 0) is 37.5 Å². The van der Waals surface area contributed by atoms with Gasteiger partial charge in [0, 0.05) is 11.1 Å². The molecule has 1 saturated heterocycles. The second-order valence-corrected chi connectivity index (χ2v) is 5.77. The Kier molecular flexibility index (Phi) is 3.66. The van der Waals surface area contributed by atoms with Gasteiger partial charge in [0.15, 0.2) is 0 Å². The Labute approximate surface area is 119 Å². The zero-order valence-electron chi connectivity index (χ0n) is 10.5. The lowest BCUT2D eigenvalue weighted by Crippen LogP contribution is -2.30. The Morgan fingerprint density at radius 3 is 3.11 bits per heavy atom. The molecule has 1 aromatic carbocycles. The quantitative estimate of drug-likeness (QED) is 0.854. The number of rotatable bonds is 2. The van der Waals surface area contributed by atoms with Crippen molar-refractivity contribution in [1.82, 2.24) is 9.55 Å². The third-order valence-electron chi connectivity index (χ3n) is 3.46. The van der Waals surface area contributed by atoms with Gasteiger partial charge in [0.05, 0.1) is 29.9 Å². The second kappa shape index (κ2) is 5.43. The molecule has 1 atom stereocenters. The van der Waals surface area contributed by atoms with Crippen LogP contribution in [0.25, 0.3) is 10.9 Å². The third-order valence-corrected chi connectivity index (χ3v) is 3.95. The molecule has 4 nitrogen and oxygen atoms in total. The topological polar surface area (TPSA) is 44.1 Å². The predicted octanol–water partition coefficient (Wildman–Crippen LogP) is 2.73. The van der Waals surface area contributed by atoms with Crippen LogP contribution in [0.4, 0.5) is 0 Å². The number of nitrogens with zero attached hydrogens (tertiary/aromatic N) is 2. The van der Waals surface area contributed by atoms with E-state index in [9.17, 15) is 4.79 Å². The molecule has 1 aliphatic heterocycles. The molecule has 0 unspecified atom stereocenters. The zero-order valence-corrected chi connectivity index (χ0v) is 12.1. The summed E-state index contributed by atoms with van der Waals surface area (Å²) in [5, 5.41) is 0.646. The van der Waals surface area contributed by atoms with E-state index in [1.807, 2.05) is 18.2 Å². The number of fused-ring (bicyclic) bond motifs is 1. The molecule has 0 bridgehead atoms. The van der Waals surface area contributed by atoms with E-state index in [0.29, 0.717) is 11.9 Å². The number of ether oxygens (including phenoxy) is 1. The lowest BCUT2D eigenvalue weighted by Gasteiger charge is -2.23. The van der Waals surface area contributed by atoms with Gasteiger partial charge in [0.2, 0.25) is 0 Å². The molecule has 2 heterocycles. The molecule has 19 heavy (non-hydrogen) atoms. The molecule has 1 aromatic heterocycles. The van der Waals surface area contributed by atoms with Crippen molar-refractivity contribution in [2.45, 2.75) is 31.9 Å². The first-order chi connectivity index (χ1) is 9.24. The van der Waals surface area contributed by atoms with Crippen molar-refractivity contribution >= 4 is 26.8 Å². The lowest BCUT2D eigenvalue weighted by molar-refractivity contribution is 0.00535. The van der Waals surface area contributed by atoms with Crippen molar-refractivity contribution in [1.29, 1.82) is 0 Å². The highest BCUT2D eigenvalue weighted by Gasteiger charge is 2.15. The highest BCUT2D eigenvalue weighted by atomic mass is 79.9. The summed E-state index contributed by atoms with van der Waals surface area (Å²) in [6.07, 6.45) is 5.07. The van der Waals surface area contributed by atoms with Gasteiger partial charge in [-0.2, -0.15) is 0 Å². The van der Waals surface area contributed by atoms with Crippen molar-refractivity contribution < 1.29 is 4.74 Å². The van der Waals surface area contributed by atoms with Crippen LogP contribution in [0.2, 0.25) is 0 Å². The number of hydrogen-bond donors (Lipinski definition) is 0. The minimum absolute atomic E-state index is 0.000438. The van der Waals surface area contributed by atoms with Crippen molar-refractivity contribution in [2.75, 3.05) is 6.61 Å². The summed E-state index contributed by atoms with van der Waals surface area (Å²) in [4.78, 5) is 16.7. The molecule has 100 valence electrons. The van der Waals surface area contributed by atoms with Gasteiger partial charge in [0.25, 0.3) is 5.56 Å². The van der Waals surface area contributed by atoms with Crippen LogP contribution in [0.15, 0.2) is 33.8 Å². The van der Waals surface area contributed by atoms with Crippen molar-refractivity contribution in [3.05, 3.63) is 39.4 Å². The molecule has 0 spiro atoms. The molecule has 0 amide bonds. The van der Waals surface area contributed by atoms with E-state index in [1.54, 1.807) is 10.9 Å². The summed E-state index contributed by atoms with van der Waals surface area (Å²) in [7, 11) is 0. The highest BCUT2D eigenvalue weighted by Crippen LogP contribution is 2.16. The van der Waals surface area contributed by atoms with Gasteiger partial charge in [-0.25, -0.2) is 4.98 Å². The van der Waals surface area contributed by atoms with E-state index >= 15 is 0 Å². The van der Waals surface area contributed by atoms with Gasteiger partial charge < -0.3 is 4.74 Å². The normalized spacial score (nSPS) is 19.7. The fraction of sp³-hybridized carbons (Fsp3) is 0.429. The van der Waals surface area contributed by atoms with Crippen LogP contribution in [-0.4, -0.2) is 22.3 Å². The fourth-order valence-electron chi connectivity index (χ4n) is 2.43. The Morgan fingerprint density at radius 1 is 1.42 bits per heavy atom. The maximum Gasteiger partial charge on any atom is 0.261 e. The molecular weight excluding hydrogens is 308 g/mol. The van der Waals surface area contributed by atoms with E-state index in [4.69, 9.17) is 4.74 Å². The van der Waals surface area contributed by atoms with E-state index in [0.717, 1.165) is 29.4 Å². The van der Waals surface area contributed by atoms with Crippen LogP contribution < -0.4 is 5.56 Å². The van der Waals surface area contributed by atoms with E-state index < -0.39 is 0 Å². The average Bonchev–Trinajstić information content (AvgIpc) is 2.44. The van der Waals surface area contributed by atoms with Crippen LogP contribution in [0.3, 0.4) is 0 Å². The van der Waals surface area contributed by atoms with E-state index in [2.05, 4.69) is 20.9 Å². The molecular formula is C14H15BrN2O2. The van der Waals surface area contributed by atoms with Gasteiger partial charge in [-0.15, -0.1) is 0 Å². The van der Waals surface area contributed by atoms with Crippen molar-refractivity contribution in [2.24, 2.45) is 0 Å². The Balaban J connectivity index is 1.95. The van der Waals surface area contributed by atoms with Crippen molar-refractivity contribution in [3.8, 4) is 0 Å².